The number of rotatable bonds is 6. The molecule has 1 unspecified atom stereocenters. The number of carbonyl (C=O) groups excluding carboxylic acids is 3. The molecule has 1 aliphatic heterocycles. The van der Waals surface area contributed by atoms with Crippen LogP contribution in [0.2, 0.25) is 0 Å². The molecular formula is C22H23N3O4. The van der Waals surface area contributed by atoms with Gasteiger partial charge in [0.2, 0.25) is 5.91 Å². The number of esters is 1. The smallest absolute Gasteiger partial charge is 0.311 e. The first-order valence-electron chi connectivity index (χ1n) is 9.56. The number of hydrogen-bond donors (Lipinski definition) is 2. The van der Waals surface area contributed by atoms with Gasteiger partial charge in [0.15, 0.2) is 0 Å². The summed E-state index contributed by atoms with van der Waals surface area (Å²) in [7, 11) is 0. The first kappa shape index (κ1) is 20.3. The number of carbonyl (C=O) groups is 3. The number of benzene rings is 2. The number of nitrogens with one attached hydrogen (secondary N) is 2. The van der Waals surface area contributed by atoms with Gasteiger partial charge in [0, 0.05) is 24.4 Å². The SMILES string of the molecule is CCCC(=O)Oc1ccccc1C(=O)Nc1ccc(C2=NNC(=O)CC2C)cc1. The predicted molar refractivity (Wildman–Crippen MR) is 110 cm³/mol. The van der Waals surface area contributed by atoms with Crippen LogP contribution in [-0.2, 0) is 9.59 Å². The van der Waals surface area contributed by atoms with Gasteiger partial charge in [-0.1, -0.05) is 38.1 Å². The lowest BCUT2D eigenvalue weighted by Crippen LogP contribution is -2.31. The van der Waals surface area contributed by atoms with Crippen molar-refractivity contribution in [2.24, 2.45) is 11.0 Å². The highest BCUT2D eigenvalue weighted by atomic mass is 16.5. The summed E-state index contributed by atoms with van der Waals surface area (Å²) in [6, 6.07) is 13.9. The molecule has 2 N–H and O–H groups in total. The molecule has 2 amide bonds. The summed E-state index contributed by atoms with van der Waals surface area (Å²) < 4.78 is 5.31. The fourth-order valence-electron chi connectivity index (χ4n) is 3.05. The number of ether oxygens (including phenoxy) is 1. The zero-order valence-electron chi connectivity index (χ0n) is 16.4. The van der Waals surface area contributed by atoms with E-state index in [1.807, 2.05) is 26.0 Å². The monoisotopic (exact) mass is 393 g/mol. The molecule has 2 aromatic rings. The van der Waals surface area contributed by atoms with E-state index in [0.717, 1.165) is 11.3 Å². The summed E-state index contributed by atoms with van der Waals surface area (Å²) >= 11 is 0. The maximum absolute atomic E-state index is 12.7. The molecule has 0 saturated heterocycles. The van der Waals surface area contributed by atoms with Crippen LogP contribution in [0.3, 0.4) is 0 Å². The highest BCUT2D eigenvalue weighted by Gasteiger charge is 2.21. The van der Waals surface area contributed by atoms with E-state index < -0.39 is 0 Å². The zero-order chi connectivity index (χ0) is 20.8. The molecule has 7 nitrogen and oxygen atoms in total. The third-order valence-corrected chi connectivity index (χ3v) is 4.51. The quantitative estimate of drug-likeness (QED) is 0.580. The Labute approximate surface area is 169 Å². The number of nitrogens with zero attached hydrogens (tertiary/aromatic N) is 1. The van der Waals surface area contributed by atoms with Crippen LogP contribution in [0, 0.1) is 5.92 Å². The lowest BCUT2D eigenvalue weighted by atomic mass is 9.94. The minimum Gasteiger partial charge on any atom is -0.426 e. The predicted octanol–water partition coefficient (Wildman–Crippen LogP) is 3.50. The minimum absolute atomic E-state index is 0.0221. The molecule has 0 spiro atoms. The molecule has 0 bridgehead atoms. The van der Waals surface area contributed by atoms with Crippen molar-refractivity contribution in [1.29, 1.82) is 0 Å². The van der Waals surface area contributed by atoms with E-state index in [4.69, 9.17) is 4.74 Å². The molecule has 0 aliphatic carbocycles. The molecule has 3 rings (SSSR count). The molecule has 0 aromatic heterocycles. The Morgan fingerprint density at radius 1 is 1.17 bits per heavy atom. The Kier molecular flexibility index (Phi) is 6.39. The minimum atomic E-state index is -0.369. The van der Waals surface area contributed by atoms with Crippen molar-refractivity contribution in [3.63, 3.8) is 0 Å². The van der Waals surface area contributed by atoms with Crippen molar-refractivity contribution in [3.05, 3.63) is 59.7 Å². The first-order valence-corrected chi connectivity index (χ1v) is 9.56. The fraction of sp³-hybridized carbons (Fsp3) is 0.273. The van der Waals surface area contributed by atoms with Crippen molar-refractivity contribution in [2.75, 3.05) is 5.32 Å². The third-order valence-electron chi connectivity index (χ3n) is 4.51. The fourth-order valence-corrected chi connectivity index (χ4v) is 3.05. The molecule has 1 heterocycles. The molecule has 2 aromatic carbocycles. The van der Waals surface area contributed by atoms with Crippen LogP contribution in [-0.4, -0.2) is 23.5 Å². The Balaban J connectivity index is 1.72. The Bertz CT molecular complexity index is 951. The van der Waals surface area contributed by atoms with Gasteiger partial charge < -0.3 is 10.1 Å². The van der Waals surface area contributed by atoms with Gasteiger partial charge in [0.05, 0.1) is 11.3 Å². The van der Waals surface area contributed by atoms with Crippen LogP contribution in [0.1, 0.15) is 49.0 Å². The lowest BCUT2D eigenvalue weighted by molar-refractivity contribution is -0.134. The lowest BCUT2D eigenvalue weighted by Gasteiger charge is -2.19. The molecule has 1 atom stereocenters. The molecule has 0 saturated carbocycles. The Morgan fingerprint density at radius 3 is 2.59 bits per heavy atom. The van der Waals surface area contributed by atoms with Gasteiger partial charge in [-0.3, -0.25) is 14.4 Å². The van der Waals surface area contributed by atoms with Gasteiger partial charge in [-0.05, 0) is 36.2 Å². The molecule has 7 heteroatoms. The van der Waals surface area contributed by atoms with E-state index in [1.165, 1.54) is 0 Å². The van der Waals surface area contributed by atoms with Crippen molar-refractivity contribution >= 4 is 29.2 Å². The van der Waals surface area contributed by atoms with Gasteiger partial charge in [0.1, 0.15) is 5.75 Å². The second-order valence-corrected chi connectivity index (χ2v) is 6.89. The highest BCUT2D eigenvalue weighted by molar-refractivity contribution is 6.08. The van der Waals surface area contributed by atoms with Gasteiger partial charge in [-0.25, -0.2) is 5.43 Å². The van der Waals surface area contributed by atoms with E-state index in [2.05, 4.69) is 15.8 Å². The number of hydrogen-bond acceptors (Lipinski definition) is 5. The van der Waals surface area contributed by atoms with Gasteiger partial charge in [0.25, 0.3) is 5.91 Å². The van der Waals surface area contributed by atoms with Crippen molar-refractivity contribution < 1.29 is 19.1 Å². The molecular weight excluding hydrogens is 370 g/mol. The average molecular weight is 393 g/mol. The second-order valence-electron chi connectivity index (χ2n) is 6.89. The number of hydrazone groups is 1. The van der Waals surface area contributed by atoms with E-state index in [9.17, 15) is 14.4 Å². The van der Waals surface area contributed by atoms with Crippen molar-refractivity contribution in [2.45, 2.75) is 33.1 Å². The second kappa shape index (κ2) is 9.14. The number of amides is 2. The summed E-state index contributed by atoms with van der Waals surface area (Å²) in [6.45, 7) is 3.83. The van der Waals surface area contributed by atoms with Crippen molar-refractivity contribution in [1.82, 2.24) is 5.43 Å². The summed E-state index contributed by atoms with van der Waals surface area (Å²) in [5, 5.41) is 6.95. The Hall–Kier alpha value is -3.48. The van der Waals surface area contributed by atoms with Crippen LogP contribution in [0.15, 0.2) is 53.6 Å². The summed E-state index contributed by atoms with van der Waals surface area (Å²) in [5.74, 6) is -0.571. The first-order chi connectivity index (χ1) is 14.0. The van der Waals surface area contributed by atoms with Gasteiger partial charge in [-0.15, -0.1) is 0 Å². The summed E-state index contributed by atoms with van der Waals surface area (Å²) in [4.78, 5) is 35.9. The van der Waals surface area contributed by atoms with Gasteiger partial charge in [-0.2, -0.15) is 5.10 Å². The molecule has 1 aliphatic rings. The van der Waals surface area contributed by atoms with Crippen molar-refractivity contribution in [3.8, 4) is 5.75 Å². The van der Waals surface area contributed by atoms with E-state index in [-0.39, 0.29) is 35.0 Å². The van der Waals surface area contributed by atoms with Crippen LogP contribution in [0.4, 0.5) is 5.69 Å². The van der Waals surface area contributed by atoms with E-state index >= 15 is 0 Å². The van der Waals surface area contributed by atoms with Crippen LogP contribution in [0.5, 0.6) is 5.75 Å². The largest absolute Gasteiger partial charge is 0.426 e. The standard InChI is InChI=1S/C22H23N3O4/c1-3-6-20(27)29-18-8-5-4-7-17(18)22(28)23-16-11-9-15(10-12-16)21-14(2)13-19(26)24-25-21/h4-5,7-12,14H,3,6,13H2,1-2H3,(H,23,28)(H,24,26). The van der Waals surface area contributed by atoms with Crippen LogP contribution < -0.4 is 15.5 Å². The van der Waals surface area contributed by atoms with E-state index in [1.54, 1.807) is 36.4 Å². The normalized spacial score (nSPS) is 15.9. The zero-order valence-corrected chi connectivity index (χ0v) is 16.4. The van der Waals surface area contributed by atoms with Crippen LogP contribution >= 0.6 is 0 Å². The molecule has 0 radical (unpaired) electrons. The third kappa shape index (κ3) is 5.07. The van der Waals surface area contributed by atoms with Crippen LogP contribution in [0.25, 0.3) is 0 Å². The highest BCUT2D eigenvalue weighted by Crippen LogP contribution is 2.22. The summed E-state index contributed by atoms with van der Waals surface area (Å²) in [6.07, 6.45) is 1.36. The number of anilines is 1. The topological polar surface area (TPSA) is 96.9 Å². The molecule has 29 heavy (non-hydrogen) atoms. The van der Waals surface area contributed by atoms with E-state index in [0.29, 0.717) is 24.9 Å². The molecule has 0 fully saturated rings. The Morgan fingerprint density at radius 2 is 1.90 bits per heavy atom. The summed E-state index contributed by atoms with van der Waals surface area (Å²) in [5.41, 5.74) is 5.06. The van der Waals surface area contributed by atoms with Gasteiger partial charge >= 0.3 is 5.97 Å². The average Bonchev–Trinajstić information content (AvgIpc) is 2.69. The maximum Gasteiger partial charge on any atom is 0.311 e. The molecule has 150 valence electrons. The maximum atomic E-state index is 12.7. The number of para-hydroxylation sites is 1.